The Balaban J connectivity index is 0.953. The van der Waals surface area contributed by atoms with Crippen molar-refractivity contribution in [2.75, 3.05) is 0 Å². The number of hydrogen-bond donors (Lipinski definition) is 0. The summed E-state index contributed by atoms with van der Waals surface area (Å²) >= 11 is 0. The van der Waals surface area contributed by atoms with Crippen LogP contribution in [0.15, 0.2) is 218 Å². The molecule has 0 saturated carbocycles. The maximum absolute atomic E-state index is 2.60. The van der Waals surface area contributed by atoms with Crippen LogP contribution in [0.3, 0.4) is 0 Å². The molecule has 0 nitrogen and oxygen atoms in total. The van der Waals surface area contributed by atoms with E-state index in [-0.39, 0.29) is 0 Å². The molecule has 12 aromatic carbocycles. The molecule has 0 atom stereocenters. The van der Waals surface area contributed by atoms with E-state index >= 15 is 0 Å². The highest BCUT2D eigenvalue weighted by Gasteiger charge is 2.42. The standard InChI is InChI=1S/C66H48Si2/c1-67(2)57-37-38-58-66-56(46-34-32-44(40-60(46)68(58,3)4)64-53-29-17-13-25-49(53)62(42-21-9-6-10-22-42)50-26-14-18-30-54(50)64)36-35-55(65(57)66)45-33-31-43(39-59(45)67)63-51-27-15-11-23-47(51)61(41-19-7-5-8-20-41)48-24-12-16-28-52(48)63/h5-40H,1-4H3. The van der Waals surface area contributed by atoms with Crippen LogP contribution in [0.1, 0.15) is 0 Å². The topological polar surface area (TPSA) is 0 Å². The second kappa shape index (κ2) is 14.4. The molecule has 68 heavy (non-hydrogen) atoms. The van der Waals surface area contributed by atoms with Gasteiger partial charge in [-0.3, -0.25) is 0 Å². The molecule has 2 heteroatoms. The zero-order chi connectivity index (χ0) is 45.5. The van der Waals surface area contributed by atoms with Crippen molar-refractivity contribution in [2.45, 2.75) is 26.2 Å². The lowest BCUT2D eigenvalue weighted by Crippen LogP contribution is -2.59. The zero-order valence-electron chi connectivity index (χ0n) is 38.8. The Hall–Kier alpha value is -7.63. The maximum atomic E-state index is 2.60. The summed E-state index contributed by atoms with van der Waals surface area (Å²) in [6.07, 6.45) is 0. The van der Waals surface area contributed by atoms with Crippen LogP contribution >= 0.6 is 0 Å². The SMILES string of the molecule is C[Si]1(C)c2cc(-c3c4ccccc4c(-c4ccccc4)c4ccccc34)ccc2-c2ccc3c4c(ccc1c24)[Si](C)(C)c1cc(-c2c4ccccc4c(-c4ccccc4)c4ccccc24)ccc1-3. The Kier molecular flexibility index (Phi) is 8.39. The predicted octanol–water partition coefficient (Wildman–Crippen LogP) is 15.7. The fraction of sp³-hybridized carbons (Fsp3) is 0.0606. The summed E-state index contributed by atoms with van der Waals surface area (Å²) in [6.45, 7) is 10.4. The molecule has 0 radical (unpaired) electrons. The van der Waals surface area contributed by atoms with Gasteiger partial charge in [-0.25, -0.2) is 0 Å². The number of hydrogen-bond acceptors (Lipinski definition) is 0. The molecule has 2 heterocycles. The minimum absolute atomic E-state index is 1.26. The molecule has 0 spiro atoms. The largest absolute Gasteiger partial charge is 0.113 e. The molecule has 0 saturated heterocycles. The first-order valence-corrected chi connectivity index (χ1v) is 30.2. The van der Waals surface area contributed by atoms with Crippen molar-refractivity contribution in [2.24, 2.45) is 0 Å². The molecule has 0 fully saturated rings. The minimum Gasteiger partial charge on any atom is -0.0622 e. The van der Waals surface area contributed by atoms with Gasteiger partial charge in [-0.15, -0.1) is 0 Å². The van der Waals surface area contributed by atoms with Crippen LogP contribution in [0.5, 0.6) is 0 Å². The highest BCUT2D eigenvalue weighted by Crippen LogP contribution is 2.48. The highest BCUT2D eigenvalue weighted by molar-refractivity contribution is 7.06. The van der Waals surface area contributed by atoms with Crippen LogP contribution in [0.25, 0.3) is 121 Å². The van der Waals surface area contributed by atoms with Gasteiger partial charge in [0.15, 0.2) is 0 Å². The van der Waals surface area contributed by atoms with Crippen molar-refractivity contribution < 1.29 is 0 Å². The van der Waals surface area contributed by atoms with Crippen LogP contribution in [0, 0.1) is 0 Å². The van der Waals surface area contributed by atoms with Crippen LogP contribution in [-0.4, -0.2) is 16.1 Å². The van der Waals surface area contributed by atoms with E-state index in [4.69, 9.17) is 0 Å². The molecule has 0 aliphatic carbocycles. The Morgan fingerprint density at radius 2 is 0.485 bits per heavy atom. The summed E-state index contributed by atoms with van der Waals surface area (Å²) in [5.41, 5.74) is 16.0. The van der Waals surface area contributed by atoms with E-state index in [1.807, 2.05) is 0 Å². The Bertz CT molecular complexity index is 3740. The van der Waals surface area contributed by atoms with Gasteiger partial charge >= 0.3 is 0 Å². The predicted molar refractivity (Wildman–Crippen MR) is 300 cm³/mol. The molecule has 2 aliphatic rings. The summed E-state index contributed by atoms with van der Waals surface area (Å²) in [5, 5.41) is 19.6. The summed E-state index contributed by atoms with van der Waals surface area (Å²) < 4.78 is 0. The number of rotatable bonds is 4. The third-order valence-electron chi connectivity index (χ3n) is 16.0. The van der Waals surface area contributed by atoms with Crippen LogP contribution in [0.4, 0.5) is 0 Å². The van der Waals surface area contributed by atoms with E-state index in [1.165, 1.54) is 131 Å². The number of fused-ring (bicyclic) bond motifs is 8. The van der Waals surface area contributed by atoms with Gasteiger partial charge in [0, 0.05) is 0 Å². The third-order valence-corrected chi connectivity index (χ3v) is 23.1. The van der Waals surface area contributed by atoms with E-state index in [1.54, 1.807) is 10.4 Å². The van der Waals surface area contributed by atoms with Crippen molar-refractivity contribution in [3.63, 3.8) is 0 Å². The van der Waals surface area contributed by atoms with Gasteiger partial charge in [-0.05, 0) is 141 Å². The monoisotopic (exact) mass is 896 g/mol. The smallest absolute Gasteiger partial charge is 0.0622 e. The van der Waals surface area contributed by atoms with E-state index in [2.05, 4.69) is 245 Å². The van der Waals surface area contributed by atoms with Crippen molar-refractivity contribution in [3.8, 4) is 66.8 Å². The zero-order valence-corrected chi connectivity index (χ0v) is 40.8. The van der Waals surface area contributed by atoms with Crippen LogP contribution in [0.2, 0.25) is 26.2 Å². The average Bonchev–Trinajstić information content (AvgIpc) is 3.38. The fourth-order valence-electron chi connectivity index (χ4n) is 12.9. The average molecular weight is 897 g/mol. The lowest BCUT2D eigenvalue weighted by molar-refractivity contribution is 1.59. The first kappa shape index (κ1) is 39.5. The first-order chi connectivity index (χ1) is 33.3. The second-order valence-electron chi connectivity index (χ2n) is 20.3. The fourth-order valence-corrected chi connectivity index (χ4v) is 19.1. The van der Waals surface area contributed by atoms with E-state index in [0.29, 0.717) is 0 Å². The normalized spacial score (nSPS) is 14.1. The Labute approximate surface area is 399 Å². The van der Waals surface area contributed by atoms with Gasteiger partial charge < -0.3 is 0 Å². The molecule has 0 unspecified atom stereocenters. The van der Waals surface area contributed by atoms with Crippen molar-refractivity contribution in [1.82, 2.24) is 0 Å². The van der Waals surface area contributed by atoms with Crippen molar-refractivity contribution >= 4 is 90.8 Å². The third kappa shape index (κ3) is 5.42. The van der Waals surface area contributed by atoms with E-state index < -0.39 is 16.1 Å². The van der Waals surface area contributed by atoms with Gasteiger partial charge in [-0.1, -0.05) is 245 Å². The summed E-state index contributed by atoms with van der Waals surface area (Å²) in [7, 11) is -4.43. The molecule has 320 valence electrons. The Morgan fingerprint density at radius 3 is 0.794 bits per heavy atom. The van der Waals surface area contributed by atoms with Crippen LogP contribution < -0.4 is 20.7 Å². The molecule has 0 bridgehead atoms. The quantitative estimate of drug-likeness (QED) is 0.122. The van der Waals surface area contributed by atoms with Crippen LogP contribution in [-0.2, 0) is 0 Å². The van der Waals surface area contributed by atoms with Crippen molar-refractivity contribution in [3.05, 3.63) is 218 Å². The lowest BCUT2D eigenvalue weighted by atomic mass is 9.85. The summed E-state index contributed by atoms with van der Waals surface area (Å²) in [4.78, 5) is 0. The van der Waals surface area contributed by atoms with Gasteiger partial charge in [0.1, 0.15) is 16.1 Å². The molecular weight excluding hydrogens is 849 g/mol. The number of benzene rings is 12. The molecule has 2 aliphatic heterocycles. The second-order valence-corrected chi connectivity index (χ2v) is 28.9. The molecular formula is C66H48Si2. The molecule has 12 aromatic rings. The van der Waals surface area contributed by atoms with E-state index in [0.717, 1.165) is 0 Å². The maximum Gasteiger partial charge on any atom is 0.113 e. The highest BCUT2D eigenvalue weighted by atomic mass is 28.3. The molecule has 0 aromatic heterocycles. The molecule has 0 N–H and O–H groups in total. The van der Waals surface area contributed by atoms with Crippen molar-refractivity contribution in [1.29, 1.82) is 0 Å². The van der Waals surface area contributed by atoms with E-state index in [9.17, 15) is 0 Å². The summed E-state index contributed by atoms with van der Waals surface area (Å²) in [5.74, 6) is 0. The summed E-state index contributed by atoms with van der Waals surface area (Å²) in [6, 6.07) is 83.1. The van der Waals surface area contributed by atoms with Gasteiger partial charge in [0.05, 0.1) is 0 Å². The van der Waals surface area contributed by atoms with Gasteiger partial charge in [0.25, 0.3) is 0 Å². The molecule has 14 rings (SSSR count). The lowest BCUT2D eigenvalue weighted by Gasteiger charge is -2.39. The first-order valence-electron chi connectivity index (χ1n) is 24.2. The van der Waals surface area contributed by atoms with Gasteiger partial charge in [0.2, 0.25) is 0 Å². The van der Waals surface area contributed by atoms with Gasteiger partial charge in [-0.2, -0.15) is 0 Å². The Morgan fingerprint density at radius 1 is 0.221 bits per heavy atom. The molecule has 0 amide bonds. The minimum atomic E-state index is -2.22.